The molecular formula is C11H17BrN4. The molecule has 1 aliphatic heterocycles. The van der Waals surface area contributed by atoms with E-state index >= 15 is 0 Å². The first kappa shape index (κ1) is 11.8. The van der Waals surface area contributed by atoms with Gasteiger partial charge in [0.05, 0.1) is 0 Å². The van der Waals surface area contributed by atoms with Gasteiger partial charge in [0.15, 0.2) is 0 Å². The van der Waals surface area contributed by atoms with Gasteiger partial charge in [-0.25, -0.2) is 9.97 Å². The minimum atomic E-state index is 0.512. The Bertz CT molecular complexity index is 358. The number of hydrogen-bond acceptors (Lipinski definition) is 4. The van der Waals surface area contributed by atoms with Crippen LogP contribution >= 0.6 is 15.9 Å². The molecule has 0 spiro atoms. The standard InChI is InChI=1S/C11H17BrN4/c1-8-6-16(2)4-3-9(8)15-11-5-10(12)13-7-14-11/h5,7-9H,3-4,6H2,1-2H3,(H,13,14,15). The van der Waals surface area contributed by atoms with Crippen molar-refractivity contribution in [3.63, 3.8) is 0 Å². The van der Waals surface area contributed by atoms with Crippen LogP contribution in [0, 0.1) is 5.92 Å². The predicted molar refractivity (Wildman–Crippen MR) is 68.4 cm³/mol. The largest absolute Gasteiger partial charge is 0.367 e. The first-order valence-corrected chi connectivity index (χ1v) is 6.37. The third-order valence-corrected chi connectivity index (χ3v) is 3.51. The van der Waals surface area contributed by atoms with Gasteiger partial charge in [-0.15, -0.1) is 0 Å². The highest BCUT2D eigenvalue weighted by atomic mass is 79.9. The van der Waals surface area contributed by atoms with Crippen LogP contribution in [-0.2, 0) is 0 Å². The van der Waals surface area contributed by atoms with Crippen LogP contribution in [0.15, 0.2) is 17.0 Å². The third kappa shape index (κ3) is 2.92. The lowest BCUT2D eigenvalue weighted by atomic mass is 9.94. The number of anilines is 1. The maximum absolute atomic E-state index is 4.22. The van der Waals surface area contributed by atoms with Gasteiger partial charge in [0.25, 0.3) is 0 Å². The lowest BCUT2D eigenvalue weighted by Crippen LogP contribution is -2.43. The molecule has 0 bridgehead atoms. The second kappa shape index (κ2) is 5.10. The van der Waals surface area contributed by atoms with Crippen molar-refractivity contribution in [2.75, 3.05) is 25.5 Å². The fourth-order valence-electron chi connectivity index (χ4n) is 2.17. The summed E-state index contributed by atoms with van der Waals surface area (Å²) in [6.45, 7) is 4.57. The van der Waals surface area contributed by atoms with E-state index in [4.69, 9.17) is 0 Å². The normalized spacial score (nSPS) is 26.7. The van der Waals surface area contributed by atoms with Crippen molar-refractivity contribution in [3.8, 4) is 0 Å². The summed E-state index contributed by atoms with van der Waals surface area (Å²) in [6.07, 6.45) is 2.74. The number of hydrogen-bond donors (Lipinski definition) is 1. The third-order valence-electron chi connectivity index (χ3n) is 3.08. The minimum Gasteiger partial charge on any atom is -0.367 e. The Labute approximate surface area is 105 Å². The molecule has 16 heavy (non-hydrogen) atoms. The summed E-state index contributed by atoms with van der Waals surface area (Å²) in [7, 11) is 2.17. The summed E-state index contributed by atoms with van der Waals surface area (Å²) >= 11 is 3.35. The van der Waals surface area contributed by atoms with E-state index in [1.165, 1.54) is 6.42 Å². The zero-order chi connectivity index (χ0) is 11.5. The Hall–Kier alpha value is -0.680. The first-order chi connectivity index (χ1) is 7.65. The Kier molecular flexibility index (Phi) is 3.76. The number of likely N-dealkylation sites (tertiary alicyclic amines) is 1. The molecule has 0 saturated carbocycles. The summed E-state index contributed by atoms with van der Waals surface area (Å²) in [5, 5.41) is 3.48. The maximum Gasteiger partial charge on any atom is 0.130 e. The maximum atomic E-state index is 4.22. The highest BCUT2D eigenvalue weighted by Crippen LogP contribution is 2.20. The van der Waals surface area contributed by atoms with E-state index in [1.807, 2.05) is 6.07 Å². The SMILES string of the molecule is CC1CN(C)CCC1Nc1cc(Br)ncn1. The molecule has 1 aromatic heterocycles. The van der Waals surface area contributed by atoms with Gasteiger partial charge >= 0.3 is 0 Å². The summed E-state index contributed by atoms with van der Waals surface area (Å²) in [5.41, 5.74) is 0. The van der Waals surface area contributed by atoms with E-state index in [2.05, 4.69) is 50.1 Å². The van der Waals surface area contributed by atoms with Crippen molar-refractivity contribution in [3.05, 3.63) is 17.0 Å². The lowest BCUT2D eigenvalue weighted by molar-refractivity contribution is 0.206. The van der Waals surface area contributed by atoms with Gasteiger partial charge in [0, 0.05) is 18.7 Å². The molecule has 88 valence electrons. The monoisotopic (exact) mass is 284 g/mol. The quantitative estimate of drug-likeness (QED) is 0.844. The summed E-state index contributed by atoms with van der Waals surface area (Å²) in [5.74, 6) is 1.55. The van der Waals surface area contributed by atoms with Crippen molar-refractivity contribution < 1.29 is 0 Å². The summed E-state index contributed by atoms with van der Waals surface area (Å²) in [4.78, 5) is 10.6. The highest BCUT2D eigenvalue weighted by Gasteiger charge is 2.24. The Balaban J connectivity index is 1.99. The molecule has 0 radical (unpaired) electrons. The number of piperidine rings is 1. The molecule has 1 N–H and O–H groups in total. The minimum absolute atomic E-state index is 0.512. The molecule has 1 saturated heterocycles. The fraction of sp³-hybridized carbons (Fsp3) is 0.636. The van der Waals surface area contributed by atoms with E-state index in [-0.39, 0.29) is 0 Å². The van der Waals surface area contributed by atoms with Crippen LogP contribution in [0.1, 0.15) is 13.3 Å². The van der Waals surface area contributed by atoms with Crippen molar-refractivity contribution in [1.29, 1.82) is 0 Å². The number of halogens is 1. The van der Waals surface area contributed by atoms with Crippen molar-refractivity contribution in [1.82, 2.24) is 14.9 Å². The average molecular weight is 285 g/mol. The zero-order valence-electron chi connectivity index (χ0n) is 9.65. The molecule has 1 aliphatic rings. The number of nitrogens with one attached hydrogen (secondary N) is 1. The van der Waals surface area contributed by atoms with Gasteiger partial charge in [-0.1, -0.05) is 6.92 Å². The van der Waals surface area contributed by atoms with Crippen LogP contribution < -0.4 is 5.32 Å². The molecule has 4 nitrogen and oxygen atoms in total. The van der Waals surface area contributed by atoms with Gasteiger partial charge in [-0.2, -0.15) is 0 Å². The topological polar surface area (TPSA) is 41.0 Å². The smallest absolute Gasteiger partial charge is 0.130 e. The Morgan fingerprint density at radius 3 is 3.00 bits per heavy atom. The van der Waals surface area contributed by atoms with E-state index in [0.717, 1.165) is 23.5 Å². The molecule has 0 aromatic carbocycles. The molecule has 5 heteroatoms. The lowest BCUT2D eigenvalue weighted by Gasteiger charge is -2.35. The van der Waals surface area contributed by atoms with Gasteiger partial charge in [0.2, 0.25) is 0 Å². The Morgan fingerprint density at radius 1 is 1.50 bits per heavy atom. The molecule has 1 aromatic rings. The molecular weight excluding hydrogens is 268 g/mol. The van der Waals surface area contributed by atoms with Gasteiger partial charge in [0.1, 0.15) is 16.7 Å². The molecule has 2 heterocycles. The van der Waals surface area contributed by atoms with Crippen LogP contribution in [0.2, 0.25) is 0 Å². The Morgan fingerprint density at radius 2 is 2.31 bits per heavy atom. The van der Waals surface area contributed by atoms with E-state index in [0.29, 0.717) is 12.0 Å². The average Bonchev–Trinajstić information content (AvgIpc) is 2.22. The highest BCUT2D eigenvalue weighted by molar-refractivity contribution is 9.10. The second-order valence-corrected chi connectivity index (χ2v) is 5.32. The van der Waals surface area contributed by atoms with Crippen LogP contribution in [-0.4, -0.2) is 41.0 Å². The van der Waals surface area contributed by atoms with E-state index in [9.17, 15) is 0 Å². The first-order valence-electron chi connectivity index (χ1n) is 5.58. The molecule has 2 unspecified atom stereocenters. The molecule has 0 amide bonds. The predicted octanol–water partition coefficient (Wildman–Crippen LogP) is 1.99. The number of rotatable bonds is 2. The van der Waals surface area contributed by atoms with Crippen LogP contribution in [0.4, 0.5) is 5.82 Å². The van der Waals surface area contributed by atoms with E-state index < -0.39 is 0 Å². The molecule has 1 fully saturated rings. The summed E-state index contributed by atoms with van der Waals surface area (Å²) < 4.78 is 0.825. The van der Waals surface area contributed by atoms with Crippen LogP contribution in [0.3, 0.4) is 0 Å². The molecule has 2 atom stereocenters. The van der Waals surface area contributed by atoms with Gasteiger partial charge < -0.3 is 10.2 Å². The summed E-state index contributed by atoms with van der Waals surface area (Å²) in [6, 6.07) is 2.43. The zero-order valence-corrected chi connectivity index (χ0v) is 11.2. The van der Waals surface area contributed by atoms with Crippen molar-refractivity contribution >= 4 is 21.7 Å². The molecule has 2 rings (SSSR count). The molecule has 0 aliphatic carbocycles. The van der Waals surface area contributed by atoms with Crippen LogP contribution in [0.25, 0.3) is 0 Å². The van der Waals surface area contributed by atoms with Crippen molar-refractivity contribution in [2.24, 2.45) is 5.92 Å². The van der Waals surface area contributed by atoms with Gasteiger partial charge in [-0.05, 0) is 41.9 Å². The second-order valence-electron chi connectivity index (χ2n) is 4.51. The van der Waals surface area contributed by atoms with Crippen LogP contribution in [0.5, 0.6) is 0 Å². The van der Waals surface area contributed by atoms with Gasteiger partial charge in [-0.3, -0.25) is 0 Å². The number of aromatic nitrogens is 2. The fourth-order valence-corrected chi connectivity index (χ4v) is 2.48. The van der Waals surface area contributed by atoms with E-state index in [1.54, 1.807) is 6.33 Å². The van der Waals surface area contributed by atoms with Crippen molar-refractivity contribution in [2.45, 2.75) is 19.4 Å². The number of nitrogens with zero attached hydrogens (tertiary/aromatic N) is 3.